The Morgan fingerprint density at radius 3 is 3.12 bits per heavy atom. The van der Waals surface area contributed by atoms with Gasteiger partial charge in [0.25, 0.3) is 0 Å². The van der Waals surface area contributed by atoms with Gasteiger partial charge in [0.2, 0.25) is 0 Å². The Bertz CT molecular complexity index is 342. The number of ether oxygens (including phenoxy) is 1. The minimum atomic E-state index is -0.888. The lowest BCUT2D eigenvalue weighted by atomic mass is 10.3. The molecule has 0 aliphatic heterocycles. The van der Waals surface area contributed by atoms with E-state index < -0.39 is 12.1 Å². The monoisotopic (exact) mass is 263 g/mol. The fourth-order valence-corrected chi connectivity index (χ4v) is 2.78. The Kier molecular flexibility index (Phi) is 5.75. The minimum Gasteiger partial charge on any atom is -0.481 e. The summed E-state index contributed by atoms with van der Waals surface area (Å²) in [6, 6.07) is 0. The van der Waals surface area contributed by atoms with E-state index in [1.165, 1.54) is 30.2 Å². The molecule has 16 heavy (non-hydrogen) atoms. The minimum absolute atomic E-state index is 0.0579. The number of carbonyl (C=O) groups is 1. The van der Waals surface area contributed by atoms with Gasteiger partial charge in [-0.3, -0.25) is 4.79 Å². The molecule has 90 valence electrons. The molecule has 0 aliphatic rings. The molecule has 1 unspecified atom stereocenters. The van der Waals surface area contributed by atoms with Crippen molar-refractivity contribution in [3.8, 4) is 0 Å². The molecule has 0 fully saturated rings. The number of hydrogen-bond donors (Lipinski definition) is 2. The van der Waals surface area contributed by atoms with Crippen molar-refractivity contribution < 1.29 is 19.7 Å². The van der Waals surface area contributed by atoms with Gasteiger partial charge in [0.1, 0.15) is 4.34 Å². The van der Waals surface area contributed by atoms with Crippen LogP contribution in [0.25, 0.3) is 0 Å². The van der Waals surface area contributed by atoms with Crippen molar-refractivity contribution in [2.45, 2.75) is 16.9 Å². The van der Waals surface area contributed by atoms with Crippen LogP contribution < -0.4 is 0 Å². The number of aliphatic carboxylic acids is 1. The van der Waals surface area contributed by atoms with E-state index in [0.29, 0.717) is 18.1 Å². The van der Waals surface area contributed by atoms with Gasteiger partial charge in [-0.2, -0.15) is 0 Å². The molecule has 1 heterocycles. The Hall–Kier alpha value is -0.630. The van der Waals surface area contributed by atoms with Gasteiger partial charge in [0.05, 0.1) is 24.8 Å². The molecular formula is C9H13NO4S2. The van der Waals surface area contributed by atoms with Gasteiger partial charge in [-0.15, -0.1) is 11.3 Å². The van der Waals surface area contributed by atoms with E-state index in [0.717, 1.165) is 4.34 Å². The van der Waals surface area contributed by atoms with Crippen molar-refractivity contribution in [2.24, 2.45) is 0 Å². The molecule has 2 N–H and O–H groups in total. The molecule has 0 amide bonds. The molecule has 0 spiro atoms. The number of rotatable bonds is 7. The molecule has 0 aromatic carbocycles. The van der Waals surface area contributed by atoms with Gasteiger partial charge in [0, 0.05) is 18.2 Å². The molecular weight excluding hydrogens is 250 g/mol. The van der Waals surface area contributed by atoms with Gasteiger partial charge < -0.3 is 14.9 Å². The van der Waals surface area contributed by atoms with Crippen molar-refractivity contribution in [2.75, 3.05) is 19.5 Å². The Labute approximate surface area is 101 Å². The second-order valence-corrected chi connectivity index (χ2v) is 5.22. The van der Waals surface area contributed by atoms with Crippen LogP contribution in [0.2, 0.25) is 0 Å². The summed E-state index contributed by atoms with van der Waals surface area (Å²) >= 11 is 2.79. The molecule has 1 atom stereocenters. The molecule has 7 heteroatoms. The number of carboxylic acids is 1. The quantitative estimate of drug-likeness (QED) is 0.711. The number of nitrogens with zero attached hydrogens (tertiary/aromatic N) is 1. The second kappa shape index (κ2) is 6.85. The number of methoxy groups -OCH3 is 1. The van der Waals surface area contributed by atoms with Crippen LogP contribution in [0.1, 0.15) is 5.69 Å². The molecule has 0 radical (unpaired) electrons. The molecule has 0 saturated heterocycles. The highest BCUT2D eigenvalue weighted by Gasteiger charge is 2.09. The maximum absolute atomic E-state index is 10.4. The fourth-order valence-electron chi connectivity index (χ4n) is 0.999. The predicted molar refractivity (Wildman–Crippen MR) is 62.1 cm³/mol. The van der Waals surface area contributed by atoms with Crippen LogP contribution in [0.5, 0.6) is 0 Å². The summed E-state index contributed by atoms with van der Waals surface area (Å²) in [5, 5.41) is 19.7. The van der Waals surface area contributed by atoms with Gasteiger partial charge >= 0.3 is 5.97 Å². The molecule has 1 aromatic heterocycles. The zero-order chi connectivity index (χ0) is 12.0. The molecule has 5 nitrogen and oxygen atoms in total. The number of aromatic nitrogens is 1. The average Bonchev–Trinajstić information content (AvgIpc) is 2.62. The number of thiazole rings is 1. The maximum Gasteiger partial charge on any atom is 0.309 e. The van der Waals surface area contributed by atoms with Crippen LogP contribution in [-0.4, -0.2) is 46.7 Å². The third-order valence-corrected chi connectivity index (χ3v) is 3.84. The first-order chi connectivity index (χ1) is 7.61. The SMILES string of the molecule is COCC(O)CSc1nc(CC(=O)O)cs1. The molecule has 0 bridgehead atoms. The largest absolute Gasteiger partial charge is 0.481 e. The third kappa shape index (κ3) is 4.93. The summed E-state index contributed by atoms with van der Waals surface area (Å²) in [4.78, 5) is 14.6. The summed E-state index contributed by atoms with van der Waals surface area (Å²) in [6.07, 6.45) is -0.584. The number of aliphatic hydroxyl groups excluding tert-OH is 1. The first kappa shape index (κ1) is 13.4. The zero-order valence-corrected chi connectivity index (χ0v) is 10.4. The number of carboxylic acid groups (broad SMARTS) is 1. The number of aliphatic hydroxyl groups is 1. The Morgan fingerprint density at radius 2 is 2.50 bits per heavy atom. The van der Waals surface area contributed by atoms with E-state index >= 15 is 0 Å². The molecule has 1 rings (SSSR count). The summed E-state index contributed by atoms with van der Waals surface area (Å²) in [7, 11) is 1.53. The molecule has 0 aliphatic carbocycles. The lowest BCUT2D eigenvalue weighted by molar-refractivity contribution is -0.136. The van der Waals surface area contributed by atoms with Crippen molar-refractivity contribution in [3.63, 3.8) is 0 Å². The van der Waals surface area contributed by atoms with Crippen LogP contribution in [0.15, 0.2) is 9.72 Å². The van der Waals surface area contributed by atoms with E-state index in [-0.39, 0.29) is 6.42 Å². The van der Waals surface area contributed by atoms with E-state index in [4.69, 9.17) is 9.84 Å². The normalized spacial score (nSPS) is 12.6. The lowest BCUT2D eigenvalue weighted by Crippen LogP contribution is -2.16. The van der Waals surface area contributed by atoms with Crippen LogP contribution in [0.3, 0.4) is 0 Å². The van der Waals surface area contributed by atoms with Gasteiger partial charge in [-0.1, -0.05) is 11.8 Å². The van der Waals surface area contributed by atoms with Gasteiger partial charge in [0.15, 0.2) is 0 Å². The van der Waals surface area contributed by atoms with Crippen molar-refractivity contribution in [3.05, 3.63) is 11.1 Å². The highest BCUT2D eigenvalue weighted by Crippen LogP contribution is 2.23. The first-order valence-corrected chi connectivity index (χ1v) is 6.44. The van der Waals surface area contributed by atoms with E-state index in [9.17, 15) is 9.90 Å². The van der Waals surface area contributed by atoms with Crippen LogP contribution >= 0.6 is 23.1 Å². The van der Waals surface area contributed by atoms with Gasteiger partial charge in [-0.25, -0.2) is 4.98 Å². The van der Waals surface area contributed by atoms with Gasteiger partial charge in [-0.05, 0) is 0 Å². The summed E-state index contributed by atoms with van der Waals surface area (Å²) in [5.41, 5.74) is 0.557. The highest BCUT2D eigenvalue weighted by molar-refractivity contribution is 8.01. The average molecular weight is 263 g/mol. The van der Waals surface area contributed by atoms with E-state index in [1.807, 2.05) is 0 Å². The maximum atomic E-state index is 10.4. The first-order valence-electron chi connectivity index (χ1n) is 4.57. The van der Waals surface area contributed by atoms with Crippen molar-refractivity contribution in [1.29, 1.82) is 0 Å². The Balaban J connectivity index is 2.37. The molecule has 0 saturated carbocycles. The highest BCUT2D eigenvalue weighted by atomic mass is 32.2. The molecule has 1 aromatic rings. The topological polar surface area (TPSA) is 79.7 Å². The van der Waals surface area contributed by atoms with E-state index in [2.05, 4.69) is 4.98 Å². The predicted octanol–water partition coefficient (Wildman–Crippen LogP) is 0.870. The zero-order valence-electron chi connectivity index (χ0n) is 8.75. The van der Waals surface area contributed by atoms with E-state index in [1.54, 1.807) is 5.38 Å². The van der Waals surface area contributed by atoms with Crippen LogP contribution in [0.4, 0.5) is 0 Å². The standard InChI is InChI=1S/C9H13NO4S2/c1-14-3-7(11)5-16-9-10-6(4-15-9)2-8(12)13/h4,7,11H,2-3,5H2,1H3,(H,12,13). The summed E-state index contributed by atoms with van der Waals surface area (Å²) < 4.78 is 5.56. The lowest BCUT2D eigenvalue weighted by Gasteiger charge is -2.06. The fraction of sp³-hybridized carbons (Fsp3) is 0.556. The number of hydrogen-bond acceptors (Lipinski definition) is 6. The van der Waals surface area contributed by atoms with Crippen molar-refractivity contribution in [1.82, 2.24) is 4.98 Å². The van der Waals surface area contributed by atoms with Crippen LogP contribution in [0, 0.1) is 0 Å². The smallest absolute Gasteiger partial charge is 0.309 e. The summed E-state index contributed by atoms with van der Waals surface area (Å²) in [5.74, 6) is -0.394. The number of thioether (sulfide) groups is 1. The second-order valence-electron chi connectivity index (χ2n) is 3.10. The Morgan fingerprint density at radius 1 is 1.75 bits per heavy atom. The summed E-state index contributed by atoms with van der Waals surface area (Å²) in [6.45, 7) is 0.292. The third-order valence-electron chi connectivity index (χ3n) is 1.62. The van der Waals surface area contributed by atoms with Crippen LogP contribution in [-0.2, 0) is 16.0 Å². The van der Waals surface area contributed by atoms with Crippen molar-refractivity contribution >= 4 is 29.1 Å².